The van der Waals surface area contributed by atoms with Gasteiger partial charge in [-0.15, -0.1) is 0 Å². The van der Waals surface area contributed by atoms with Gasteiger partial charge in [-0.25, -0.2) is 17.6 Å². The highest BCUT2D eigenvalue weighted by Crippen LogP contribution is 2.30. The van der Waals surface area contributed by atoms with Crippen LogP contribution in [0.25, 0.3) is 0 Å². The molecule has 1 rings (SSSR count). The first-order valence-corrected chi connectivity index (χ1v) is 7.40. The molecule has 0 aliphatic heterocycles. The minimum absolute atomic E-state index is 0.0405. The summed E-state index contributed by atoms with van der Waals surface area (Å²) in [7, 11) is -2.72. The number of benzene rings is 1. The predicted molar refractivity (Wildman–Crippen MR) is 67.0 cm³/mol. The third-order valence-electron chi connectivity index (χ3n) is 2.33. The summed E-state index contributed by atoms with van der Waals surface area (Å²) in [5.41, 5.74) is -0.494. The van der Waals surface area contributed by atoms with E-state index in [-0.39, 0.29) is 12.4 Å². The maximum Gasteiger partial charge on any atom is 0.379 e. The van der Waals surface area contributed by atoms with Crippen LogP contribution in [0, 0.1) is 5.82 Å². The van der Waals surface area contributed by atoms with Crippen LogP contribution in [0.15, 0.2) is 17.0 Å². The number of carbonyl (C=O) groups excluding carboxylic acids is 2. The van der Waals surface area contributed by atoms with Gasteiger partial charge in [0.15, 0.2) is 9.84 Å². The van der Waals surface area contributed by atoms with Crippen LogP contribution < -0.4 is 4.74 Å². The fourth-order valence-corrected chi connectivity index (χ4v) is 2.39. The van der Waals surface area contributed by atoms with Gasteiger partial charge in [-0.05, 0) is 19.1 Å². The van der Waals surface area contributed by atoms with Crippen LogP contribution in [0.4, 0.5) is 4.39 Å². The number of hydrogen-bond acceptors (Lipinski definition) is 6. The Morgan fingerprint density at radius 1 is 1.30 bits per heavy atom. The normalized spacial score (nSPS) is 11.0. The summed E-state index contributed by atoms with van der Waals surface area (Å²) in [5, 5.41) is 0. The summed E-state index contributed by atoms with van der Waals surface area (Å²) >= 11 is 0. The predicted octanol–water partition coefficient (Wildman–Crippen LogP) is 0.984. The van der Waals surface area contributed by atoms with E-state index in [0.29, 0.717) is 0 Å². The average Bonchev–Trinajstić information content (AvgIpc) is 2.36. The maximum absolute atomic E-state index is 13.5. The lowest BCUT2D eigenvalue weighted by Gasteiger charge is -2.11. The van der Waals surface area contributed by atoms with Crippen LogP contribution in [-0.4, -0.2) is 40.1 Å². The zero-order valence-corrected chi connectivity index (χ0v) is 11.9. The van der Waals surface area contributed by atoms with E-state index < -0.39 is 37.9 Å². The number of rotatable bonds is 5. The molecule has 20 heavy (non-hydrogen) atoms. The molecule has 6 nitrogen and oxygen atoms in total. The van der Waals surface area contributed by atoms with Gasteiger partial charge in [-0.1, -0.05) is 0 Å². The SMILES string of the molecule is CCOC(=O)C(=O)c1cc(F)cc(S(C)(=O)=O)c1OC. The van der Waals surface area contributed by atoms with Crippen molar-refractivity contribution in [1.29, 1.82) is 0 Å². The Kier molecular flexibility index (Phi) is 4.83. The van der Waals surface area contributed by atoms with Gasteiger partial charge in [-0.2, -0.15) is 0 Å². The van der Waals surface area contributed by atoms with E-state index in [1.54, 1.807) is 0 Å². The Morgan fingerprint density at radius 3 is 2.35 bits per heavy atom. The van der Waals surface area contributed by atoms with Crippen molar-refractivity contribution in [2.24, 2.45) is 0 Å². The zero-order valence-electron chi connectivity index (χ0n) is 11.1. The van der Waals surface area contributed by atoms with Crippen molar-refractivity contribution in [2.45, 2.75) is 11.8 Å². The smallest absolute Gasteiger partial charge is 0.379 e. The molecule has 0 amide bonds. The number of ketones is 1. The number of esters is 1. The van der Waals surface area contributed by atoms with E-state index in [4.69, 9.17) is 4.74 Å². The first-order valence-electron chi connectivity index (χ1n) is 5.51. The molecular weight excluding hydrogens is 291 g/mol. The molecule has 8 heteroatoms. The number of halogens is 1. The number of hydrogen-bond donors (Lipinski definition) is 0. The van der Waals surface area contributed by atoms with E-state index in [0.717, 1.165) is 25.5 Å². The van der Waals surface area contributed by atoms with Crippen molar-refractivity contribution in [3.05, 3.63) is 23.5 Å². The van der Waals surface area contributed by atoms with Gasteiger partial charge < -0.3 is 9.47 Å². The molecule has 110 valence electrons. The van der Waals surface area contributed by atoms with Crippen LogP contribution >= 0.6 is 0 Å². The molecule has 0 fully saturated rings. The fraction of sp³-hybridized carbons (Fsp3) is 0.333. The maximum atomic E-state index is 13.5. The highest BCUT2D eigenvalue weighted by Gasteiger charge is 2.27. The highest BCUT2D eigenvalue weighted by atomic mass is 32.2. The van der Waals surface area contributed by atoms with Gasteiger partial charge in [-0.3, -0.25) is 4.79 Å². The Labute approximate surface area is 115 Å². The first kappa shape index (κ1) is 16.1. The Bertz CT molecular complexity index is 650. The van der Waals surface area contributed by atoms with Crippen molar-refractivity contribution in [3.8, 4) is 5.75 Å². The number of sulfone groups is 1. The molecule has 1 aromatic rings. The summed E-state index contributed by atoms with van der Waals surface area (Å²) in [6, 6.07) is 1.45. The van der Waals surface area contributed by atoms with E-state index in [2.05, 4.69) is 4.74 Å². The molecule has 0 saturated carbocycles. The van der Waals surface area contributed by atoms with Gasteiger partial charge in [0.25, 0.3) is 5.78 Å². The van der Waals surface area contributed by atoms with Gasteiger partial charge in [0.05, 0.1) is 19.3 Å². The molecule has 0 aliphatic rings. The Hall–Kier alpha value is -1.96. The quantitative estimate of drug-likeness (QED) is 0.458. The molecule has 0 N–H and O–H groups in total. The molecule has 0 aliphatic carbocycles. The number of ether oxygens (including phenoxy) is 2. The second kappa shape index (κ2) is 6.00. The van der Waals surface area contributed by atoms with Crippen LogP contribution in [0.3, 0.4) is 0 Å². The van der Waals surface area contributed by atoms with Crippen molar-refractivity contribution in [1.82, 2.24) is 0 Å². The van der Waals surface area contributed by atoms with E-state index >= 15 is 0 Å². The first-order chi connectivity index (χ1) is 9.22. The van der Waals surface area contributed by atoms with Crippen LogP contribution in [-0.2, 0) is 19.4 Å². The lowest BCUT2D eigenvalue weighted by molar-refractivity contribution is -0.137. The molecule has 1 aromatic carbocycles. The highest BCUT2D eigenvalue weighted by molar-refractivity contribution is 7.90. The summed E-state index contributed by atoms with van der Waals surface area (Å²) in [4.78, 5) is 22.7. The summed E-state index contributed by atoms with van der Waals surface area (Å²) < 4.78 is 45.9. The number of methoxy groups -OCH3 is 1. The standard InChI is InChI=1S/C12H13FO6S/c1-4-19-12(15)10(14)8-5-7(13)6-9(11(8)18-2)20(3,16)17/h5-6H,4H2,1-3H3. The van der Waals surface area contributed by atoms with Crippen LogP contribution in [0.2, 0.25) is 0 Å². The topological polar surface area (TPSA) is 86.7 Å². The fourth-order valence-electron chi connectivity index (χ4n) is 1.53. The van der Waals surface area contributed by atoms with E-state index in [1.807, 2.05) is 0 Å². The van der Waals surface area contributed by atoms with Crippen molar-refractivity contribution < 1.29 is 31.9 Å². The second-order valence-corrected chi connectivity index (χ2v) is 5.79. The van der Waals surface area contributed by atoms with E-state index in [1.165, 1.54) is 6.92 Å². The van der Waals surface area contributed by atoms with Crippen molar-refractivity contribution in [2.75, 3.05) is 20.0 Å². The van der Waals surface area contributed by atoms with Gasteiger partial charge >= 0.3 is 5.97 Å². The average molecular weight is 304 g/mol. The monoisotopic (exact) mass is 304 g/mol. The van der Waals surface area contributed by atoms with Gasteiger partial charge in [0.1, 0.15) is 16.5 Å². The van der Waals surface area contributed by atoms with E-state index in [9.17, 15) is 22.4 Å². The summed E-state index contributed by atoms with van der Waals surface area (Å²) in [6.07, 6.45) is 0.836. The Balaban J connectivity index is 3.52. The molecule has 0 aromatic heterocycles. The molecule has 0 saturated heterocycles. The minimum Gasteiger partial charge on any atom is -0.495 e. The van der Waals surface area contributed by atoms with Gasteiger partial charge in [0.2, 0.25) is 0 Å². The zero-order chi connectivity index (χ0) is 15.5. The molecular formula is C12H13FO6S. The lowest BCUT2D eigenvalue weighted by atomic mass is 10.1. The van der Waals surface area contributed by atoms with Gasteiger partial charge in [0, 0.05) is 6.26 Å². The molecule has 0 heterocycles. The lowest BCUT2D eigenvalue weighted by Crippen LogP contribution is -2.19. The molecule has 0 bridgehead atoms. The van der Waals surface area contributed by atoms with Crippen LogP contribution in [0.1, 0.15) is 17.3 Å². The molecule has 0 atom stereocenters. The summed E-state index contributed by atoms with van der Waals surface area (Å²) in [6.45, 7) is 1.46. The number of carbonyl (C=O) groups is 2. The Morgan fingerprint density at radius 2 is 1.90 bits per heavy atom. The van der Waals surface area contributed by atoms with Crippen LogP contribution in [0.5, 0.6) is 5.75 Å². The third kappa shape index (κ3) is 3.32. The van der Waals surface area contributed by atoms with Crippen molar-refractivity contribution >= 4 is 21.6 Å². The summed E-state index contributed by atoms with van der Waals surface area (Å²) in [5.74, 6) is -3.74. The second-order valence-electron chi connectivity index (χ2n) is 3.81. The van der Waals surface area contributed by atoms with Crippen molar-refractivity contribution in [3.63, 3.8) is 0 Å². The largest absolute Gasteiger partial charge is 0.495 e. The number of Topliss-reactive ketones (excluding diaryl/α,β-unsaturated/α-hetero) is 1. The molecule has 0 spiro atoms. The molecule has 0 unspecified atom stereocenters. The molecule has 0 radical (unpaired) electrons. The third-order valence-corrected chi connectivity index (χ3v) is 3.43. The minimum atomic E-state index is -3.83.